The van der Waals surface area contributed by atoms with Crippen molar-refractivity contribution in [1.29, 1.82) is 0 Å². The predicted molar refractivity (Wildman–Crippen MR) is 75.1 cm³/mol. The molecule has 2 rings (SSSR count). The Morgan fingerprint density at radius 2 is 1.89 bits per heavy atom. The van der Waals surface area contributed by atoms with Gasteiger partial charge in [-0.1, -0.05) is 0 Å². The summed E-state index contributed by atoms with van der Waals surface area (Å²) in [5, 5.41) is 18.5. The number of aliphatic carboxylic acids is 1. The highest BCUT2D eigenvalue weighted by molar-refractivity contribution is 14.1. The molecule has 1 aliphatic heterocycles. The van der Waals surface area contributed by atoms with Crippen molar-refractivity contribution in [2.24, 2.45) is 0 Å². The summed E-state index contributed by atoms with van der Waals surface area (Å²) in [6.07, 6.45) is -1.03. The second-order valence-electron chi connectivity index (χ2n) is 4.27. The van der Waals surface area contributed by atoms with Crippen LogP contribution in [0.3, 0.4) is 0 Å². The quantitative estimate of drug-likeness (QED) is 0.725. The number of halogens is 1. The van der Waals surface area contributed by atoms with E-state index >= 15 is 0 Å². The summed E-state index contributed by atoms with van der Waals surface area (Å²) in [5.74, 6) is -1.24. The number of aliphatic hydroxyl groups excluding tert-OH is 1. The van der Waals surface area contributed by atoms with E-state index in [4.69, 9.17) is 5.11 Å². The SMILES string of the molecule is O=C(O)[C@@H]1CC(O)CN1S(=O)(=O)c1ccc(I)cc1. The van der Waals surface area contributed by atoms with Crippen LogP contribution in [-0.4, -0.2) is 47.6 Å². The standard InChI is InChI=1S/C11H12INO5S/c12-7-1-3-9(4-2-7)19(17,18)13-6-8(14)5-10(13)11(15)16/h1-4,8,10,14H,5-6H2,(H,15,16)/t8?,10-/m0/s1. The number of hydrogen-bond acceptors (Lipinski definition) is 4. The summed E-state index contributed by atoms with van der Waals surface area (Å²) in [6.45, 7) is -0.189. The Kier molecular flexibility index (Phi) is 4.14. The maximum absolute atomic E-state index is 12.4. The summed E-state index contributed by atoms with van der Waals surface area (Å²) in [7, 11) is -3.89. The van der Waals surface area contributed by atoms with Gasteiger partial charge in [0, 0.05) is 16.5 Å². The van der Waals surface area contributed by atoms with E-state index in [0.29, 0.717) is 0 Å². The highest BCUT2D eigenvalue weighted by Crippen LogP contribution is 2.26. The second kappa shape index (κ2) is 5.35. The highest BCUT2D eigenvalue weighted by Gasteiger charge is 2.43. The van der Waals surface area contributed by atoms with Gasteiger partial charge in [-0.3, -0.25) is 4.79 Å². The van der Waals surface area contributed by atoms with Gasteiger partial charge < -0.3 is 10.2 Å². The van der Waals surface area contributed by atoms with E-state index in [1.807, 2.05) is 22.6 Å². The van der Waals surface area contributed by atoms with Gasteiger partial charge in [0.1, 0.15) is 6.04 Å². The summed E-state index contributed by atoms with van der Waals surface area (Å²) in [5.41, 5.74) is 0. The first-order valence-corrected chi connectivity index (χ1v) is 8.02. The van der Waals surface area contributed by atoms with Crippen LogP contribution in [0.25, 0.3) is 0 Å². The molecule has 6 nitrogen and oxygen atoms in total. The molecule has 104 valence electrons. The molecule has 8 heteroatoms. The fraction of sp³-hybridized carbons (Fsp3) is 0.364. The molecule has 0 spiro atoms. The molecule has 2 atom stereocenters. The zero-order chi connectivity index (χ0) is 14.2. The average molecular weight is 397 g/mol. The van der Waals surface area contributed by atoms with Gasteiger partial charge in [0.2, 0.25) is 10.0 Å². The van der Waals surface area contributed by atoms with Gasteiger partial charge >= 0.3 is 5.97 Å². The molecule has 19 heavy (non-hydrogen) atoms. The molecule has 0 amide bonds. The fourth-order valence-electron chi connectivity index (χ4n) is 2.02. The van der Waals surface area contributed by atoms with Crippen molar-refractivity contribution in [3.05, 3.63) is 27.8 Å². The minimum atomic E-state index is -3.89. The Bertz CT molecular complexity index is 586. The van der Waals surface area contributed by atoms with Gasteiger partial charge in [-0.05, 0) is 46.9 Å². The van der Waals surface area contributed by atoms with E-state index < -0.39 is 28.1 Å². The highest BCUT2D eigenvalue weighted by atomic mass is 127. The molecule has 1 unspecified atom stereocenters. The molecule has 0 saturated carbocycles. The molecule has 1 saturated heterocycles. The van der Waals surface area contributed by atoms with E-state index in [0.717, 1.165) is 7.88 Å². The topological polar surface area (TPSA) is 94.9 Å². The lowest BCUT2D eigenvalue weighted by molar-refractivity contribution is -0.140. The third-order valence-electron chi connectivity index (χ3n) is 2.94. The molecule has 0 aromatic heterocycles. The van der Waals surface area contributed by atoms with E-state index in [-0.39, 0.29) is 17.9 Å². The van der Waals surface area contributed by atoms with Crippen molar-refractivity contribution < 1.29 is 23.4 Å². The van der Waals surface area contributed by atoms with Crippen LogP contribution in [0.4, 0.5) is 0 Å². The van der Waals surface area contributed by atoms with Gasteiger partial charge in [-0.2, -0.15) is 4.31 Å². The lowest BCUT2D eigenvalue weighted by Gasteiger charge is -2.20. The Hall–Kier alpha value is -0.710. The Morgan fingerprint density at radius 1 is 1.32 bits per heavy atom. The van der Waals surface area contributed by atoms with Crippen LogP contribution in [0, 0.1) is 3.57 Å². The summed E-state index contributed by atoms with van der Waals surface area (Å²) in [6, 6.07) is 4.92. The Morgan fingerprint density at radius 3 is 2.42 bits per heavy atom. The van der Waals surface area contributed by atoms with E-state index in [1.165, 1.54) is 12.1 Å². The van der Waals surface area contributed by atoms with Crippen LogP contribution in [0.15, 0.2) is 29.2 Å². The number of carbonyl (C=O) groups is 1. The summed E-state index contributed by atoms with van der Waals surface area (Å²) >= 11 is 2.05. The first-order valence-electron chi connectivity index (χ1n) is 5.50. The van der Waals surface area contributed by atoms with Crippen LogP contribution in [0.2, 0.25) is 0 Å². The van der Waals surface area contributed by atoms with Gasteiger partial charge in [0.15, 0.2) is 0 Å². The molecule has 1 heterocycles. The number of hydrogen-bond donors (Lipinski definition) is 2. The zero-order valence-electron chi connectivity index (χ0n) is 9.73. The van der Waals surface area contributed by atoms with E-state index in [1.54, 1.807) is 12.1 Å². The lowest BCUT2D eigenvalue weighted by atomic mass is 10.2. The number of carboxylic acids is 1. The monoisotopic (exact) mass is 397 g/mol. The molecular weight excluding hydrogens is 385 g/mol. The fourth-order valence-corrected chi connectivity index (χ4v) is 4.01. The molecule has 1 aliphatic rings. The van der Waals surface area contributed by atoms with Crippen molar-refractivity contribution >= 4 is 38.6 Å². The van der Waals surface area contributed by atoms with E-state index in [9.17, 15) is 18.3 Å². The smallest absolute Gasteiger partial charge is 0.322 e. The summed E-state index contributed by atoms with van der Waals surface area (Å²) < 4.78 is 26.4. The summed E-state index contributed by atoms with van der Waals surface area (Å²) in [4.78, 5) is 11.1. The molecule has 1 aromatic rings. The minimum Gasteiger partial charge on any atom is -0.480 e. The molecule has 0 bridgehead atoms. The number of carboxylic acid groups (broad SMARTS) is 1. The third-order valence-corrected chi connectivity index (χ3v) is 5.55. The van der Waals surface area contributed by atoms with Gasteiger partial charge in [-0.15, -0.1) is 0 Å². The van der Waals surface area contributed by atoms with Crippen LogP contribution in [0.5, 0.6) is 0 Å². The van der Waals surface area contributed by atoms with Crippen LogP contribution < -0.4 is 0 Å². The predicted octanol–water partition coefficient (Wildman–Crippen LogP) is 0.500. The first kappa shape index (κ1) is 14.7. The first-order chi connectivity index (χ1) is 8.82. The van der Waals surface area contributed by atoms with E-state index in [2.05, 4.69) is 0 Å². The maximum Gasteiger partial charge on any atom is 0.322 e. The van der Waals surface area contributed by atoms with Crippen molar-refractivity contribution in [3.63, 3.8) is 0 Å². The Balaban J connectivity index is 2.38. The Labute approximate surface area is 124 Å². The molecule has 1 aromatic carbocycles. The third kappa shape index (κ3) is 2.91. The number of nitrogens with zero attached hydrogens (tertiary/aromatic N) is 1. The normalized spacial score (nSPS) is 24.5. The molecule has 0 aliphatic carbocycles. The van der Waals surface area contributed by atoms with Crippen LogP contribution in [0.1, 0.15) is 6.42 Å². The largest absolute Gasteiger partial charge is 0.480 e. The van der Waals surface area contributed by atoms with Gasteiger partial charge in [0.25, 0.3) is 0 Å². The average Bonchev–Trinajstić information content (AvgIpc) is 2.73. The van der Waals surface area contributed by atoms with Gasteiger partial charge in [-0.25, -0.2) is 8.42 Å². The molecule has 2 N–H and O–H groups in total. The second-order valence-corrected chi connectivity index (χ2v) is 7.41. The van der Waals surface area contributed by atoms with Crippen molar-refractivity contribution in [1.82, 2.24) is 4.31 Å². The molecule has 1 fully saturated rings. The van der Waals surface area contributed by atoms with Crippen molar-refractivity contribution in [3.8, 4) is 0 Å². The van der Waals surface area contributed by atoms with Crippen molar-refractivity contribution in [2.75, 3.05) is 6.54 Å². The molecule has 0 radical (unpaired) electrons. The minimum absolute atomic E-state index is 0.0354. The number of sulfonamides is 1. The number of aliphatic hydroxyl groups is 1. The number of rotatable bonds is 3. The zero-order valence-corrected chi connectivity index (χ0v) is 12.7. The lowest BCUT2D eigenvalue weighted by Crippen LogP contribution is -2.40. The molecular formula is C11H12INO5S. The number of β-amino-alcohol motifs (C(OH)–C–C–N with tert-alkyl or cyclic N) is 1. The van der Waals surface area contributed by atoms with Crippen LogP contribution >= 0.6 is 22.6 Å². The van der Waals surface area contributed by atoms with Crippen LogP contribution in [-0.2, 0) is 14.8 Å². The number of benzene rings is 1. The maximum atomic E-state index is 12.4. The van der Waals surface area contributed by atoms with Crippen molar-refractivity contribution in [2.45, 2.75) is 23.5 Å². The van der Waals surface area contributed by atoms with Gasteiger partial charge in [0.05, 0.1) is 11.0 Å².